The Hall–Kier alpha value is -3.52. The highest BCUT2D eigenvalue weighted by atomic mass is 19.1. The highest BCUT2D eigenvalue weighted by molar-refractivity contribution is 5.94. The van der Waals surface area contributed by atoms with Crippen LogP contribution in [0.4, 0.5) is 10.3 Å². The zero-order valence-electron chi connectivity index (χ0n) is 18.5. The number of rotatable bonds is 4. The normalized spacial score (nSPS) is 15.8. The van der Waals surface area contributed by atoms with Gasteiger partial charge in [0.05, 0.1) is 31.0 Å². The number of hydrogen-bond donors (Lipinski definition) is 0. The number of carbonyl (C=O) groups excluding carboxylic acids is 1. The van der Waals surface area contributed by atoms with E-state index in [1.54, 1.807) is 17.0 Å². The minimum absolute atomic E-state index is 0.0432. The number of anilines is 1. The van der Waals surface area contributed by atoms with Gasteiger partial charge >= 0.3 is 0 Å². The lowest BCUT2D eigenvalue weighted by Gasteiger charge is -2.32. The number of ether oxygens (including phenoxy) is 2. The molecule has 0 saturated carbocycles. The zero-order valence-corrected chi connectivity index (χ0v) is 18.5. The summed E-state index contributed by atoms with van der Waals surface area (Å²) in [5.74, 6) is 0.847. The molecule has 0 N–H and O–H groups in total. The molecule has 0 aliphatic carbocycles. The largest absolute Gasteiger partial charge is 0.438 e. The lowest BCUT2D eigenvalue weighted by Crippen LogP contribution is -2.39. The quantitative estimate of drug-likeness (QED) is 0.606. The topological polar surface area (TPSA) is 67.8 Å². The van der Waals surface area contributed by atoms with E-state index >= 15 is 0 Å². The van der Waals surface area contributed by atoms with E-state index < -0.39 is 0 Å². The van der Waals surface area contributed by atoms with Crippen LogP contribution in [0.15, 0.2) is 48.5 Å². The first kappa shape index (κ1) is 21.3. The van der Waals surface area contributed by atoms with Crippen molar-refractivity contribution in [3.8, 4) is 11.6 Å². The molecule has 2 aliphatic heterocycles. The van der Waals surface area contributed by atoms with Gasteiger partial charge in [-0.2, -0.15) is 4.98 Å². The van der Waals surface area contributed by atoms with Gasteiger partial charge in [-0.05, 0) is 31.2 Å². The summed E-state index contributed by atoms with van der Waals surface area (Å²) in [6, 6.07) is 13.5. The van der Waals surface area contributed by atoms with Crippen LogP contribution in [0.25, 0.3) is 0 Å². The van der Waals surface area contributed by atoms with Gasteiger partial charge in [-0.1, -0.05) is 23.8 Å². The highest BCUT2D eigenvalue weighted by Crippen LogP contribution is 2.32. The molecule has 0 bridgehead atoms. The first-order valence-electron chi connectivity index (χ1n) is 11.1. The monoisotopic (exact) mass is 448 g/mol. The van der Waals surface area contributed by atoms with Gasteiger partial charge < -0.3 is 19.3 Å². The Morgan fingerprint density at radius 3 is 2.67 bits per heavy atom. The number of aryl methyl sites for hydroxylation is 1. The maximum Gasteiger partial charge on any atom is 0.254 e. The Kier molecular flexibility index (Phi) is 5.92. The number of amides is 1. The molecular formula is C25H25FN4O3. The van der Waals surface area contributed by atoms with Crippen molar-refractivity contribution in [2.45, 2.75) is 19.9 Å². The number of benzene rings is 2. The van der Waals surface area contributed by atoms with Crippen LogP contribution >= 0.6 is 0 Å². The lowest BCUT2D eigenvalue weighted by molar-refractivity contribution is 0.0731. The number of hydrogen-bond acceptors (Lipinski definition) is 6. The summed E-state index contributed by atoms with van der Waals surface area (Å²) < 4.78 is 25.3. The van der Waals surface area contributed by atoms with Gasteiger partial charge in [0.1, 0.15) is 11.6 Å². The van der Waals surface area contributed by atoms with Crippen LogP contribution in [0, 0.1) is 12.7 Å². The zero-order chi connectivity index (χ0) is 22.8. The molecular weight excluding hydrogens is 423 g/mol. The second kappa shape index (κ2) is 9.15. The maximum absolute atomic E-state index is 13.8. The highest BCUT2D eigenvalue weighted by Gasteiger charge is 2.28. The van der Waals surface area contributed by atoms with Crippen LogP contribution in [0.1, 0.15) is 27.2 Å². The van der Waals surface area contributed by atoms with Crippen molar-refractivity contribution < 1.29 is 18.7 Å². The molecule has 2 aliphatic rings. The van der Waals surface area contributed by atoms with E-state index in [2.05, 4.69) is 4.90 Å². The molecule has 1 fully saturated rings. The van der Waals surface area contributed by atoms with Crippen molar-refractivity contribution in [1.29, 1.82) is 0 Å². The first-order valence-corrected chi connectivity index (χ1v) is 11.1. The summed E-state index contributed by atoms with van der Waals surface area (Å²) in [6.07, 6.45) is 0.590. The van der Waals surface area contributed by atoms with Gasteiger partial charge in [0.2, 0.25) is 11.8 Å². The molecule has 7 nitrogen and oxygen atoms in total. The lowest BCUT2D eigenvalue weighted by atomic mass is 10.0. The fourth-order valence-corrected chi connectivity index (χ4v) is 4.14. The van der Waals surface area contributed by atoms with E-state index in [1.165, 1.54) is 12.1 Å². The first-order chi connectivity index (χ1) is 16.1. The Bertz CT molecular complexity index is 1180. The average molecular weight is 448 g/mol. The van der Waals surface area contributed by atoms with Gasteiger partial charge in [0.15, 0.2) is 0 Å². The van der Waals surface area contributed by atoms with Crippen molar-refractivity contribution in [1.82, 2.24) is 14.9 Å². The third-order valence-corrected chi connectivity index (χ3v) is 5.87. The summed E-state index contributed by atoms with van der Waals surface area (Å²) in [7, 11) is 0. The number of aromatic nitrogens is 2. The van der Waals surface area contributed by atoms with E-state index in [1.807, 2.05) is 31.2 Å². The maximum atomic E-state index is 13.8. The SMILES string of the molecule is Cc1cccc(C(=O)N2CCc3nc(N4CCOCC4)nc(Oc4cccc(F)c4)c3C2)c1. The van der Waals surface area contributed by atoms with E-state index in [0.717, 1.165) is 16.8 Å². The van der Waals surface area contributed by atoms with Crippen molar-refractivity contribution >= 4 is 11.9 Å². The van der Waals surface area contributed by atoms with Gasteiger partial charge in [-0.15, -0.1) is 0 Å². The third-order valence-electron chi connectivity index (χ3n) is 5.87. The number of nitrogens with zero attached hydrogens (tertiary/aromatic N) is 4. The summed E-state index contributed by atoms with van der Waals surface area (Å²) in [6.45, 7) is 5.45. The Morgan fingerprint density at radius 2 is 1.88 bits per heavy atom. The van der Waals surface area contributed by atoms with E-state index in [-0.39, 0.29) is 11.7 Å². The second-order valence-electron chi connectivity index (χ2n) is 8.26. The standard InChI is InChI=1S/C25H25FN4O3/c1-17-4-2-5-18(14-17)24(31)30-9-8-22-21(16-30)23(33-20-7-3-6-19(26)15-20)28-25(27-22)29-10-12-32-13-11-29/h2-7,14-15H,8-13,16H2,1H3. The molecule has 0 atom stereocenters. The molecule has 0 radical (unpaired) electrons. The Balaban J connectivity index is 1.49. The van der Waals surface area contributed by atoms with Crippen molar-refractivity contribution in [3.63, 3.8) is 0 Å². The predicted molar refractivity (Wildman–Crippen MR) is 121 cm³/mol. The molecule has 170 valence electrons. The summed E-state index contributed by atoms with van der Waals surface area (Å²) in [5.41, 5.74) is 3.29. The minimum Gasteiger partial charge on any atom is -0.438 e. The molecule has 0 unspecified atom stereocenters. The van der Waals surface area contributed by atoms with Crippen LogP contribution in [-0.2, 0) is 17.7 Å². The summed E-state index contributed by atoms with van der Waals surface area (Å²) >= 11 is 0. The predicted octanol–water partition coefficient (Wildman–Crippen LogP) is 3.75. The molecule has 8 heteroatoms. The van der Waals surface area contributed by atoms with Crippen LogP contribution in [0.2, 0.25) is 0 Å². The van der Waals surface area contributed by atoms with E-state index in [4.69, 9.17) is 19.4 Å². The Morgan fingerprint density at radius 1 is 1.06 bits per heavy atom. The third kappa shape index (κ3) is 4.66. The van der Waals surface area contributed by atoms with Crippen LogP contribution < -0.4 is 9.64 Å². The molecule has 1 aromatic heterocycles. The molecule has 3 heterocycles. The van der Waals surface area contributed by atoms with E-state index in [0.29, 0.717) is 69.0 Å². The van der Waals surface area contributed by atoms with Gasteiger partial charge in [0, 0.05) is 37.7 Å². The smallest absolute Gasteiger partial charge is 0.254 e. The van der Waals surface area contributed by atoms with Gasteiger partial charge in [-0.3, -0.25) is 4.79 Å². The van der Waals surface area contributed by atoms with Gasteiger partial charge in [0.25, 0.3) is 5.91 Å². The number of carbonyl (C=O) groups is 1. The van der Waals surface area contributed by atoms with Gasteiger partial charge in [-0.25, -0.2) is 9.37 Å². The summed E-state index contributed by atoms with van der Waals surface area (Å²) in [4.78, 5) is 26.5. The average Bonchev–Trinajstić information content (AvgIpc) is 2.84. The number of fused-ring (bicyclic) bond motifs is 1. The van der Waals surface area contributed by atoms with Crippen molar-refractivity contribution in [2.24, 2.45) is 0 Å². The van der Waals surface area contributed by atoms with E-state index in [9.17, 15) is 9.18 Å². The summed E-state index contributed by atoms with van der Waals surface area (Å²) in [5, 5.41) is 0. The molecule has 1 amide bonds. The van der Waals surface area contributed by atoms with Crippen molar-refractivity contribution in [2.75, 3.05) is 37.7 Å². The van der Waals surface area contributed by atoms with Crippen LogP contribution in [0.3, 0.4) is 0 Å². The number of morpholine rings is 1. The molecule has 2 aromatic carbocycles. The molecule has 3 aromatic rings. The number of halogens is 1. The van der Waals surface area contributed by atoms with Crippen molar-refractivity contribution in [3.05, 3.63) is 76.7 Å². The molecule has 1 saturated heterocycles. The van der Waals surface area contributed by atoms with Crippen LogP contribution in [-0.4, -0.2) is 53.6 Å². The molecule has 5 rings (SSSR count). The fourth-order valence-electron chi connectivity index (χ4n) is 4.14. The Labute approximate surface area is 191 Å². The molecule has 0 spiro atoms. The minimum atomic E-state index is -0.389. The molecule has 33 heavy (non-hydrogen) atoms. The fraction of sp³-hybridized carbons (Fsp3) is 0.320. The second-order valence-corrected chi connectivity index (χ2v) is 8.26. The van der Waals surface area contributed by atoms with Crippen LogP contribution in [0.5, 0.6) is 11.6 Å².